The molecule has 0 amide bonds. The minimum Gasteiger partial charge on any atom is -0.497 e. The van der Waals surface area contributed by atoms with Gasteiger partial charge in [0.2, 0.25) is 0 Å². The maximum Gasteiger partial charge on any atom is 0.262 e. The average molecular weight is 528 g/mol. The van der Waals surface area contributed by atoms with Crippen molar-refractivity contribution in [1.82, 2.24) is 19.9 Å². The summed E-state index contributed by atoms with van der Waals surface area (Å²) in [7, 11) is 3.25. The lowest BCUT2D eigenvalue weighted by Gasteiger charge is -2.35. The number of aryl methyl sites for hydroxylation is 2. The van der Waals surface area contributed by atoms with Crippen molar-refractivity contribution in [2.75, 3.05) is 32.6 Å². The van der Waals surface area contributed by atoms with Gasteiger partial charge < -0.3 is 24.7 Å². The molecule has 0 atom stereocenters. The highest BCUT2D eigenvalue weighted by molar-refractivity contribution is 5.87. The molecule has 5 rings (SSSR count). The maximum atomic E-state index is 13.3. The fraction of sp³-hybridized carbons (Fsp3) is 0.387. The standard InChI is InChI=1S/C31H37N5O3/c1-20(2)36-16-13-23(14-17-36)33-25-6-5-15-32-29(25)30-34-26-18-22(19-27(39-4)28(26)31(37)35-30)8-7-21-9-11-24(38-3)12-10-21/h5-6,9-12,15,18-20,23,33H,7-8,13-14,16-17H2,1-4H3,(H,34,35,37). The predicted molar refractivity (Wildman–Crippen MR) is 156 cm³/mol. The molecule has 39 heavy (non-hydrogen) atoms. The highest BCUT2D eigenvalue weighted by Crippen LogP contribution is 2.29. The van der Waals surface area contributed by atoms with E-state index in [1.54, 1.807) is 20.4 Å². The van der Waals surface area contributed by atoms with Crippen molar-refractivity contribution in [2.45, 2.75) is 51.6 Å². The van der Waals surface area contributed by atoms with Gasteiger partial charge in [0.15, 0.2) is 5.82 Å². The first kappa shape index (κ1) is 26.7. The Kier molecular flexibility index (Phi) is 8.12. The van der Waals surface area contributed by atoms with Gasteiger partial charge in [-0.1, -0.05) is 12.1 Å². The average Bonchev–Trinajstić information content (AvgIpc) is 2.96. The van der Waals surface area contributed by atoms with Gasteiger partial charge in [0.05, 0.1) is 25.4 Å². The summed E-state index contributed by atoms with van der Waals surface area (Å²) >= 11 is 0. The highest BCUT2D eigenvalue weighted by atomic mass is 16.5. The van der Waals surface area contributed by atoms with Crippen LogP contribution < -0.4 is 20.3 Å². The number of pyridine rings is 1. The number of aromatic nitrogens is 3. The van der Waals surface area contributed by atoms with Gasteiger partial charge in [-0.2, -0.15) is 0 Å². The number of H-pyrrole nitrogens is 1. The fourth-order valence-corrected chi connectivity index (χ4v) is 5.28. The van der Waals surface area contributed by atoms with Gasteiger partial charge in [-0.15, -0.1) is 0 Å². The summed E-state index contributed by atoms with van der Waals surface area (Å²) in [6, 6.07) is 16.8. The first-order chi connectivity index (χ1) is 18.9. The van der Waals surface area contributed by atoms with Crippen LogP contribution in [0.3, 0.4) is 0 Å². The molecule has 204 valence electrons. The molecule has 2 aromatic heterocycles. The van der Waals surface area contributed by atoms with Crippen molar-refractivity contribution < 1.29 is 9.47 Å². The molecule has 0 radical (unpaired) electrons. The normalized spacial score (nSPS) is 14.6. The van der Waals surface area contributed by atoms with Crippen LogP contribution in [-0.2, 0) is 12.8 Å². The highest BCUT2D eigenvalue weighted by Gasteiger charge is 2.22. The number of anilines is 1. The number of piperidine rings is 1. The molecule has 0 spiro atoms. The van der Waals surface area contributed by atoms with Crippen molar-refractivity contribution in [3.8, 4) is 23.0 Å². The molecule has 0 unspecified atom stereocenters. The summed E-state index contributed by atoms with van der Waals surface area (Å²) in [6.07, 6.45) is 5.48. The fourth-order valence-electron chi connectivity index (χ4n) is 5.28. The summed E-state index contributed by atoms with van der Waals surface area (Å²) in [6.45, 7) is 6.62. The van der Waals surface area contributed by atoms with Crippen molar-refractivity contribution >= 4 is 16.6 Å². The van der Waals surface area contributed by atoms with Crippen LogP contribution in [-0.4, -0.2) is 59.2 Å². The number of rotatable bonds is 9. The van der Waals surface area contributed by atoms with Crippen molar-refractivity contribution in [2.24, 2.45) is 0 Å². The molecule has 0 aliphatic carbocycles. The number of nitrogens with one attached hydrogen (secondary N) is 2. The lowest BCUT2D eigenvalue weighted by atomic mass is 10.0. The smallest absolute Gasteiger partial charge is 0.262 e. The zero-order chi connectivity index (χ0) is 27.4. The Balaban J connectivity index is 1.42. The predicted octanol–water partition coefficient (Wildman–Crippen LogP) is 5.07. The van der Waals surface area contributed by atoms with Gasteiger partial charge in [-0.25, -0.2) is 4.98 Å². The van der Waals surface area contributed by atoms with Crippen LogP contribution in [0, 0.1) is 0 Å². The van der Waals surface area contributed by atoms with Crippen molar-refractivity contribution in [3.63, 3.8) is 0 Å². The number of hydrogen-bond acceptors (Lipinski definition) is 7. The lowest BCUT2D eigenvalue weighted by molar-refractivity contribution is 0.177. The number of fused-ring (bicyclic) bond motifs is 1. The van der Waals surface area contributed by atoms with E-state index in [-0.39, 0.29) is 5.56 Å². The molecule has 1 fully saturated rings. The molecule has 2 N–H and O–H groups in total. The van der Waals surface area contributed by atoms with Crippen LogP contribution in [0.25, 0.3) is 22.4 Å². The molecular formula is C31H37N5O3. The lowest BCUT2D eigenvalue weighted by Crippen LogP contribution is -2.42. The van der Waals surface area contributed by atoms with Gasteiger partial charge in [-0.3, -0.25) is 9.78 Å². The van der Waals surface area contributed by atoms with Gasteiger partial charge in [0, 0.05) is 31.4 Å². The largest absolute Gasteiger partial charge is 0.497 e. The molecule has 3 heterocycles. The molecular weight excluding hydrogens is 490 g/mol. The number of likely N-dealkylation sites (tertiary alicyclic amines) is 1. The summed E-state index contributed by atoms with van der Waals surface area (Å²) in [5.74, 6) is 1.81. The molecule has 8 heteroatoms. The molecule has 0 bridgehead atoms. The number of nitrogens with zero attached hydrogens (tertiary/aromatic N) is 3. The third-order valence-corrected chi connectivity index (χ3v) is 7.57. The van der Waals surface area contributed by atoms with E-state index >= 15 is 0 Å². The van der Waals surface area contributed by atoms with E-state index in [4.69, 9.17) is 14.5 Å². The van der Waals surface area contributed by atoms with Gasteiger partial charge in [0.1, 0.15) is 22.6 Å². The number of ether oxygens (including phenoxy) is 2. The van der Waals surface area contributed by atoms with Crippen LogP contribution in [0.2, 0.25) is 0 Å². The van der Waals surface area contributed by atoms with E-state index in [0.717, 1.165) is 55.8 Å². The third-order valence-electron chi connectivity index (χ3n) is 7.57. The van der Waals surface area contributed by atoms with E-state index < -0.39 is 0 Å². The van der Waals surface area contributed by atoms with Crippen LogP contribution in [0.1, 0.15) is 37.8 Å². The molecule has 1 saturated heterocycles. The molecule has 1 aliphatic heterocycles. The molecule has 8 nitrogen and oxygen atoms in total. The van der Waals surface area contributed by atoms with Gasteiger partial charge >= 0.3 is 0 Å². The minimum atomic E-state index is -0.240. The zero-order valence-corrected chi connectivity index (χ0v) is 23.2. The second-order valence-electron chi connectivity index (χ2n) is 10.4. The number of methoxy groups -OCH3 is 2. The van der Waals surface area contributed by atoms with Crippen LogP contribution in [0.4, 0.5) is 5.69 Å². The van der Waals surface area contributed by atoms with Gasteiger partial charge in [0.25, 0.3) is 5.56 Å². The maximum absolute atomic E-state index is 13.3. The Morgan fingerprint density at radius 2 is 1.77 bits per heavy atom. The summed E-state index contributed by atoms with van der Waals surface area (Å²) in [5, 5.41) is 4.12. The summed E-state index contributed by atoms with van der Waals surface area (Å²) in [4.78, 5) is 28.2. The quantitative estimate of drug-likeness (QED) is 0.314. The molecule has 1 aliphatic rings. The minimum absolute atomic E-state index is 0.240. The Morgan fingerprint density at radius 3 is 2.46 bits per heavy atom. The third kappa shape index (κ3) is 6.06. The Morgan fingerprint density at radius 1 is 1.03 bits per heavy atom. The van der Waals surface area contributed by atoms with Gasteiger partial charge in [-0.05, 0) is 87.1 Å². The monoisotopic (exact) mass is 527 g/mol. The van der Waals surface area contributed by atoms with Crippen LogP contribution in [0.5, 0.6) is 11.5 Å². The molecule has 4 aromatic rings. The van der Waals surface area contributed by atoms with E-state index in [9.17, 15) is 4.79 Å². The number of aromatic amines is 1. The second-order valence-corrected chi connectivity index (χ2v) is 10.4. The van der Waals surface area contributed by atoms with E-state index in [1.165, 1.54) is 5.56 Å². The SMILES string of the molecule is COc1ccc(CCc2cc(OC)c3c(=O)[nH]c(-c4ncccc4NC4CCN(C(C)C)CC4)nc3c2)cc1. The topological polar surface area (TPSA) is 92.4 Å². The number of hydrogen-bond donors (Lipinski definition) is 2. The zero-order valence-electron chi connectivity index (χ0n) is 23.2. The Labute approximate surface area is 229 Å². The first-order valence-corrected chi connectivity index (χ1v) is 13.6. The van der Waals surface area contributed by atoms with Crippen LogP contribution in [0.15, 0.2) is 59.5 Å². The van der Waals surface area contributed by atoms with Crippen LogP contribution >= 0.6 is 0 Å². The Bertz CT molecular complexity index is 1470. The van der Waals surface area contributed by atoms with Crippen molar-refractivity contribution in [1.29, 1.82) is 0 Å². The summed E-state index contributed by atoms with van der Waals surface area (Å²) < 4.78 is 10.9. The van der Waals surface area contributed by atoms with Crippen molar-refractivity contribution in [3.05, 3.63) is 76.2 Å². The van der Waals surface area contributed by atoms with E-state index in [0.29, 0.717) is 40.3 Å². The number of benzene rings is 2. The van der Waals surface area contributed by atoms with E-state index in [2.05, 4.69) is 46.2 Å². The molecule has 0 saturated carbocycles. The second kappa shape index (κ2) is 11.9. The Hall–Kier alpha value is -3.91. The summed E-state index contributed by atoms with van der Waals surface area (Å²) in [5.41, 5.74) is 4.14. The first-order valence-electron chi connectivity index (χ1n) is 13.6. The molecule has 2 aromatic carbocycles. The van der Waals surface area contributed by atoms with E-state index in [1.807, 2.05) is 36.4 Å².